The van der Waals surface area contributed by atoms with Crippen LogP contribution in [0.1, 0.15) is 30.9 Å². The number of likely N-dealkylation sites (N-methyl/N-ethyl adjacent to an activating group) is 1. The van der Waals surface area contributed by atoms with Gasteiger partial charge in [-0.15, -0.1) is 0 Å². The molecule has 8 nitrogen and oxygen atoms in total. The number of piperazine rings is 1. The molecule has 0 unspecified atom stereocenters. The van der Waals surface area contributed by atoms with E-state index >= 15 is 0 Å². The number of hydrogen-bond donors (Lipinski definition) is 1. The fourth-order valence-electron chi connectivity index (χ4n) is 4.83. The van der Waals surface area contributed by atoms with E-state index in [0.717, 1.165) is 17.5 Å². The summed E-state index contributed by atoms with van der Waals surface area (Å²) in [5.74, 6) is -0.565. The molecule has 2 aliphatic rings. The number of nitrogens with one attached hydrogen (secondary N) is 1. The number of amides is 4. The minimum atomic E-state index is -0.613. The maximum atomic E-state index is 13.4. The van der Waals surface area contributed by atoms with Crippen molar-refractivity contribution >= 4 is 17.8 Å². The molecule has 2 aromatic carbocycles. The molecule has 0 radical (unpaired) electrons. The summed E-state index contributed by atoms with van der Waals surface area (Å²) in [6.07, 6.45) is 1.22. The van der Waals surface area contributed by atoms with Crippen molar-refractivity contribution in [2.24, 2.45) is 0 Å². The van der Waals surface area contributed by atoms with Gasteiger partial charge in [-0.3, -0.25) is 9.59 Å². The van der Waals surface area contributed by atoms with E-state index in [2.05, 4.69) is 5.32 Å². The van der Waals surface area contributed by atoms with Crippen molar-refractivity contribution in [3.8, 4) is 0 Å². The number of nitrogens with zero attached hydrogens (tertiary/aromatic N) is 4. The third-order valence-electron chi connectivity index (χ3n) is 6.58. The molecule has 2 atom stereocenters. The highest BCUT2D eigenvalue weighted by atomic mass is 19.1. The van der Waals surface area contributed by atoms with Gasteiger partial charge in [-0.05, 0) is 36.1 Å². The quantitative estimate of drug-likeness (QED) is 0.660. The molecule has 1 N–H and O–H groups in total. The van der Waals surface area contributed by atoms with Crippen LogP contribution >= 0.6 is 0 Å². The zero-order valence-electron chi connectivity index (χ0n) is 20.2. The maximum Gasteiger partial charge on any atom is 0.334 e. The lowest BCUT2D eigenvalue weighted by Gasteiger charge is -2.54. The standard InChI is InChI=1S/C26H32FN5O3/c1-3-7-22-25(34)30(15-14-19-10-12-21(27)13-11-19)17-23-31(22)24(33)18-29(2)32(23)26(35)28-16-20-8-5-4-6-9-20/h4-6,8-13,22-23H,3,7,14-18H2,1-2H3,(H,28,35)/t22-,23-/m0/s1. The zero-order valence-corrected chi connectivity index (χ0v) is 20.2. The first-order valence-corrected chi connectivity index (χ1v) is 12.1. The number of carbonyl (C=O) groups excluding carboxylic acids is 3. The summed E-state index contributed by atoms with van der Waals surface area (Å²) in [4.78, 5) is 43.1. The van der Waals surface area contributed by atoms with E-state index in [1.807, 2.05) is 37.3 Å². The van der Waals surface area contributed by atoms with Gasteiger partial charge in [0.1, 0.15) is 18.0 Å². The van der Waals surface area contributed by atoms with Gasteiger partial charge in [0.25, 0.3) is 0 Å². The lowest BCUT2D eigenvalue weighted by atomic mass is 10.0. The van der Waals surface area contributed by atoms with Crippen molar-refractivity contribution in [3.05, 3.63) is 71.5 Å². The molecule has 0 spiro atoms. The maximum absolute atomic E-state index is 13.4. The van der Waals surface area contributed by atoms with Crippen LogP contribution < -0.4 is 5.32 Å². The Bertz CT molecular complexity index is 1050. The highest BCUT2D eigenvalue weighted by Gasteiger charge is 2.50. The second-order valence-electron chi connectivity index (χ2n) is 9.05. The fourth-order valence-corrected chi connectivity index (χ4v) is 4.83. The van der Waals surface area contributed by atoms with Crippen LogP contribution in [0.4, 0.5) is 9.18 Å². The molecule has 186 valence electrons. The summed E-state index contributed by atoms with van der Waals surface area (Å²) in [6, 6.07) is 14.9. The molecule has 4 amide bonds. The number of rotatable bonds is 7. The number of benzene rings is 2. The number of urea groups is 1. The molecule has 0 bridgehead atoms. The van der Waals surface area contributed by atoms with Crippen LogP contribution in [-0.4, -0.2) is 76.6 Å². The first-order chi connectivity index (χ1) is 16.9. The Balaban J connectivity index is 1.54. The molecular weight excluding hydrogens is 449 g/mol. The lowest BCUT2D eigenvalue weighted by molar-refractivity contribution is -0.187. The van der Waals surface area contributed by atoms with E-state index in [1.54, 1.807) is 39.0 Å². The average molecular weight is 482 g/mol. The second kappa shape index (κ2) is 10.9. The number of halogens is 1. The lowest BCUT2D eigenvalue weighted by Crippen LogP contribution is -2.76. The van der Waals surface area contributed by atoms with Crippen LogP contribution in [-0.2, 0) is 22.6 Å². The summed E-state index contributed by atoms with van der Waals surface area (Å²) in [5.41, 5.74) is 1.89. The van der Waals surface area contributed by atoms with E-state index in [0.29, 0.717) is 25.9 Å². The summed E-state index contributed by atoms with van der Waals surface area (Å²) in [5, 5.41) is 6.14. The van der Waals surface area contributed by atoms with Gasteiger partial charge < -0.3 is 15.1 Å². The smallest absolute Gasteiger partial charge is 0.334 e. The van der Waals surface area contributed by atoms with Crippen LogP contribution in [0.15, 0.2) is 54.6 Å². The molecule has 2 heterocycles. The van der Waals surface area contributed by atoms with E-state index in [1.165, 1.54) is 12.1 Å². The normalized spacial score (nSPS) is 20.7. The summed E-state index contributed by atoms with van der Waals surface area (Å²) in [6.45, 7) is 3.00. The van der Waals surface area contributed by atoms with Gasteiger partial charge in [-0.2, -0.15) is 0 Å². The van der Waals surface area contributed by atoms with E-state index in [4.69, 9.17) is 0 Å². The minimum Gasteiger partial charge on any atom is -0.337 e. The van der Waals surface area contributed by atoms with Crippen molar-refractivity contribution in [1.82, 2.24) is 25.1 Å². The molecular formula is C26H32FN5O3. The molecule has 2 aromatic rings. The predicted octanol–water partition coefficient (Wildman–Crippen LogP) is 2.61. The Labute approximate surface area is 205 Å². The van der Waals surface area contributed by atoms with Crippen molar-refractivity contribution in [2.45, 2.75) is 44.9 Å². The van der Waals surface area contributed by atoms with Gasteiger partial charge in [-0.1, -0.05) is 55.8 Å². The molecule has 2 saturated heterocycles. The van der Waals surface area contributed by atoms with Crippen LogP contribution in [0, 0.1) is 5.82 Å². The first kappa shape index (κ1) is 24.7. The summed E-state index contributed by atoms with van der Waals surface area (Å²) >= 11 is 0. The number of hydrogen-bond acceptors (Lipinski definition) is 4. The topological polar surface area (TPSA) is 76.2 Å². The Hall–Kier alpha value is -3.46. The summed E-state index contributed by atoms with van der Waals surface area (Å²) < 4.78 is 13.3. The van der Waals surface area contributed by atoms with Crippen LogP contribution in [0.5, 0.6) is 0 Å². The Morgan fingerprint density at radius 2 is 1.77 bits per heavy atom. The Morgan fingerprint density at radius 3 is 2.46 bits per heavy atom. The van der Waals surface area contributed by atoms with Crippen molar-refractivity contribution in [3.63, 3.8) is 0 Å². The predicted molar refractivity (Wildman–Crippen MR) is 129 cm³/mol. The molecule has 35 heavy (non-hydrogen) atoms. The van der Waals surface area contributed by atoms with E-state index in [-0.39, 0.29) is 36.8 Å². The van der Waals surface area contributed by atoms with Gasteiger partial charge in [0, 0.05) is 20.1 Å². The third kappa shape index (κ3) is 5.45. The SMILES string of the molecule is CCC[C@H]1C(=O)N(CCc2ccc(F)cc2)C[C@H]2N1C(=O)CN(C)N2C(=O)NCc1ccccc1. The molecule has 9 heteroatoms. The van der Waals surface area contributed by atoms with Crippen molar-refractivity contribution in [1.29, 1.82) is 0 Å². The molecule has 0 saturated carbocycles. The Kier molecular flexibility index (Phi) is 7.65. The number of hydrazine groups is 1. The monoisotopic (exact) mass is 481 g/mol. The van der Waals surface area contributed by atoms with Gasteiger partial charge in [0.15, 0.2) is 0 Å². The molecule has 0 aliphatic carbocycles. The highest BCUT2D eigenvalue weighted by Crippen LogP contribution is 2.28. The van der Waals surface area contributed by atoms with Gasteiger partial charge in [-0.25, -0.2) is 19.2 Å². The first-order valence-electron chi connectivity index (χ1n) is 12.1. The highest BCUT2D eigenvalue weighted by molar-refractivity contribution is 5.91. The average Bonchev–Trinajstić information content (AvgIpc) is 2.85. The Morgan fingerprint density at radius 1 is 1.06 bits per heavy atom. The van der Waals surface area contributed by atoms with Crippen molar-refractivity contribution < 1.29 is 18.8 Å². The van der Waals surface area contributed by atoms with Crippen LogP contribution in [0.25, 0.3) is 0 Å². The van der Waals surface area contributed by atoms with Crippen LogP contribution in [0.3, 0.4) is 0 Å². The fraction of sp³-hybridized carbons (Fsp3) is 0.423. The molecule has 4 rings (SSSR count). The minimum absolute atomic E-state index is 0.0261. The van der Waals surface area contributed by atoms with Gasteiger partial charge >= 0.3 is 6.03 Å². The van der Waals surface area contributed by atoms with Crippen LogP contribution in [0.2, 0.25) is 0 Å². The van der Waals surface area contributed by atoms with E-state index < -0.39 is 12.2 Å². The molecule has 2 fully saturated rings. The number of carbonyl (C=O) groups is 3. The second-order valence-corrected chi connectivity index (χ2v) is 9.05. The van der Waals surface area contributed by atoms with E-state index in [9.17, 15) is 18.8 Å². The summed E-state index contributed by atoms with van der Waals surface area (Å²) in [7, 11) is 1.71. The van der Waals surface area contributed by atoms with Gasteiger partial charge in [0.05, 0.1) is 13.1 Å². The van der Waals surface area contributed by atoms with Gasteiger partial charge in [0.2, 0.25) is 11.8 Å². The third-order valence-corrected chi connectivity index (χ3v) is 6.58. The molecule has 0 aromatic heterocycles. The number of fused-ring (bicyclic) bond motifs is 1. The zero-order chi connectivity index (χ0) is 24.9. The molecule has 2 aliphatic heterocycles. The largest absolute Gasteiger partial charge is 0.337 e. The van der Waals surface area contributed by atoms with Crippen molar-refractivity contribution in [2.75, 3.05) is 26.7 Å².